The highest BCUT2D eigenvalue weighted by atomic mass is 16.5. The van der Waals surface area contributed by atoms with E-state index in [2.05, 4.69) is 31.9 Å². The quantitative estimate of drug-likeness (QED) is 0.824. The normalized spacial score (nSPS) is 14.2. The van der Waals surface area contributed by atoms with Gasteiger partial charge >= 0.3 is 0 Å². The van der Waals surface area contributed by atoms with Gasteiger partial charge in [0.15, 0.2) is 0 Å². The molecule has 0 aromatic heterocycles. The van der Waals surface area contributed by atoms with Gasteiger partial charge in [0.05, 0.1) is 12.8 Å². The Bertz CT molecular complexity index is 341. The van der Waals surface area contributed by atoms with Gasteiger partial charge in [0, 0.05) is 19.6 Å². The molecule has 2 N–H and O–H groups in total. The van der Waals surface area contributed by atoms with Gasteiger partial charge in [0.2, 0.25) is 0 Å². The largest absolute Gasteiger partial charge is 0.495 e. The SMILES string of the molecule is CCC(C)C(CN)N(C)c1ccccc1OC. The van der Waals surface area contributed by atoms with E-state index in [1.54, 1.807) is 7.11 Å². The molecule has 0 aliphatic carbocycles. The van der Waals surface area contributed by atoms with Crippen molar-refractivity contribution in [3.63, 3.8) is 0 Å². The maximum Gasteiger partial charge on any atom is 0.142 e. The first kappa shape index (κ1) is 13.8. The van der Waals surface area contributed by atoms with E-state index in [1.165, 1.54) is 0 Å². The lowest BCUT2D eigenvalue weighted by atomic mass is 9.97. The summed E-state index contributed by atoms with van der Waals surface area (Å²) in [5, 5.41) is 0. The molecule has 0 saturated heterocycles. The monoisotopic (exact) mass is 236 g/mol. The van der Waals surface area contributed by atoms with Gasteiger partial charge in [-0.3, -0.25) is 0 Å². The molecule has 1 rings (SSSR count). The van der Waals surface area contributed by atoms with Crippen molar-refractivity contribution in [1.82, 2.24) is 0 Å². The van der Waals surface area contributed by atoms with Crippen molar-refractivity contribution >= 4 is 5.69 Å². The Morgan fingerprint density at radius 1 is 1.35 bits per heavy atom. The number of likely N-dealkylation sites (N-methyl/N-ethyl adjacent to an activating group) is 1. The summed E-state index contributed by atoms with van der Waals surface area (Å²) in [5.41, 5.74) is 7.00. The van der Waals surface area contributed by atoms with Crippen molar-refractivity contribution in [3.8, 4) is 5.75 Å². The molecular weight excluding hydrogens is 212 g/mol. The maximum absolute atomic E-state index is 5.90. The summed E-state index contributed by atoms with van der Waals surface area (Å²) in [6.07, 6.45) is 1.13. The molecule has 1 aromatic rings. The van der Waals surface area contributed by atoms with Gasteiger partial charge in [-0.15, -0.1) is 0 Å². The third-order valence-electron chi connectivity index (χ3n) is 3.50. The summed E-state index contributed by atoms with van der Waals surface area (Å²) in [6, 6.07) is 8.41. The molecule has 0 heterocycles. The number of rotatable bonds is 6. The standard InChI is InChI=1S/C14H24N2O/c1-5-11(2)13(10-15)16(3)12-8-6-7-9-14(12)17-4/h6-9,11,13H,5,10,15H2,1-4H3. The minimum atomic E-state index is 0.344. The first-order valence-electron chi connectivity index (χ1n) is 6.21. The number of nitrogens with two attached hydrogens (primary N) is 1. The molecule has 0 radical (unpaired) electrons. The zero-order valence-electron chi connectivity index (χ0n) is 11.3. The predicted molar refractivity (Wildman–Crippen MR) is 73.7 cm³/mol. The second-order valence-electron chi connectivity index (χ2n) is 4.47. The van der Waals surface area contributed by atoms with Gasteiger partial charge in [-0.1, -0.05) is 32.4 Å². The van der Waals surface area contributed by atoms with E-state index in [0.29, 0.717) is 18.5 Å². The van der Waals surface area contributed by atoms with Crippen LogP contribution in [0.3, 0.4) is 0 Å². The van der Waals surface area contributed by atoms with E-state index >= 15 is 0 Å². The third kappa shape index (κ3) is 3.13. The number of para-hydroxylation sites is 2. The average Bonchev–Trinajstić information content (AvgIpc) is 2.38. The average molecular weight is 236 g/mol. The maximum atomic E-state index is 5.90. The van der Waals surface area contributed by atoms with Gasteiger partial charge in [-0.25, -0.2) is 0 Å². The lowest BCUT2D eigenvalue weighted by Gasteiger charge is -2.34. The zero-order chi connectivity index (χ0) is 12.8. The van der Waals surface area contributed by atoms with Crippen LogP contribution in [-0.4, -0.2) is 26.7 Å². The van der Waals surface area contributed by atoms with E-state index < -0.39 is 0 Å². The zero-order valence-corrected chi connectivity index (χ0v) is 11.3. The number of nitrogens with zero attached hydrogens (tertiary/aromatic N) is 1. The Morgan fingerprint density at radius 2 is 2.00 bits per heavy atom. The molecule has 0 saturated carbocycles. The number of hydrogen-bond acceptors (Lipinski definition) is 3. The van der Waals surface area contributed by atoms with E-state index in [-0.39, 0.29) is 0 Å². The Balaban J connectivity index is 2.96. The van der Waals surface area contributed by atoms with E-state index in [1.807, 2.05) is 18.2 Å². The predicted octanol–water partition coefficient (Wildman–Crippen LogP) is 2.50. The molecule has 0 aliphatic heterocycles. The van der Waals surface area contributed by atoms with Crippen molar-refractivity contribution in [3.05, 3.63) is 24.3 Å². The van der Waals surface area contributed by atoms with Crippen molar-refractivity contribution in [1.29, 1.82) is 0 Å². The van der Waals surface area contributed by atoms with Crippen LogP contribution in [0, 0.1) is 5.92 Å². The second kappa shape index (κ2) is 6.50. The van der Waals surface area contributed by atoms with Gasteiger partial charge < -0.3 is 15.4 Å². The highest BCUT2D eigenvalue weighted by Crippen LogP contribution is 2.29. The molecule has 3 heteroatoms. The van der Waals surface area contributed by atoms with E-state index in [0.717, 1.165) is 17.9 Å². The van der Waals surface area contributed by atoms with E-state index in [9.17, 15) is 0 Å². The molecule has 0 amide bonds. The molecule has 0 fully saturated rings. The minimum absolute atomic E-state index is 0.344. The topological polar surface area (TPSA) is 38.5 Å². The Kier molecular flexibility index (Phi) is 5.29. The van der Waals surface area contributed by atoms with Gasteiger partial charge in [0.1, 0.15) is 5.75 Å². The number of hydrogen-bond donors (Lipinski definition) is 1. The van der Waals surface area contributed by atoms with Crippen LogP contribution in [0.25, 0.3) is 0 Å². The summed E-state index contributed by atoms with van der Waals surface area (Å²) in [7, 11) is 3.79. The summed E-state index contributed by atoms with van der Waals surface area (Å²) in [4.78, 5) is 2.23. The molecule has 0 spiro atoms. The smallest absolute Gasteiger partial charge is 0.142 e. The molecule has 0 aliphatic rings. The Hall–Kier alpha value is -1.22. The fourth-order valence-electron chi connectivity index (χ4n) is 2.14. The number of benzene rings is 1. The molecule has 96 valence electrons. The minimum Gasteiger partial charge on any atom is -0.495 e. The van der Waals surface area contributed by atoms with Crippen LogP contribution in [0.2, 0.25) is 0 Å². The van der Waals surface area contributed by atoms with Crippen molar-refractivity contribution in [2.75, 3.05) is 25.6 Å². The molecule has 2 atom stereocenters. The highest BCUT2D eigenvalue weighted by Gasteiger charge is 2.21. The Labute approximate surface area is 105 Å². The molecular formula is C14H24N2O. The highest BCUT2D eigenvalue weighted by molar-refractivity contribution is 5.58. The first-order valence-corrected chi connectivity index (χ1v) is 6.21. The number of anilines is 1. The van der Waals surface area contributed by atoms with E-state index in [4.69, 9.17) is 10.5 Å². The van der Waals surface area contributed by atoms with Crippen LogP contribution in [0.4, 0.5) is 5.69 Å². The van der Waals surface area contributed by atoms with Gasteiger partial charge in [0.25, 0.3) is 0 Å². The van der Waals surface area contributed by atoms with Gasteiger partial charge in [-0.05, 0) is 18.1 Å². The van der Waals surface area contributed by atoms with Crippen LogP contribution >= 0.6 is 0 Å². The third-order valence-corrected chi connectivity index (χ3v) is 3.50. The summed E-state index contributed by atoms with van der Waals surface area (Å²) in [5.74, 6) is 1.46. The van der Waals surface area contributed by atoms with Crippen molar-refractivity contribution in [2.24, 2.45) is 11.7 Å². The number of methoxy groups -OCH3 is 1. The second-order valence-corrected chi connectivity index (χ2v) is 4.47. The van der Waals surface area contributed by atoms with Crippen LogP contribution in [0.1, 0.15) is 20.3 Å². The van der Waals surface area contributed by atoms with Crippen molar-refractivity contribution in [2.45, 2.75) is 26.3 Å². The van der Waals surface area contributed by atoms with Crippen LogP contribution in [0.15, 0.2) is 24.3 Å². The fraction of sp³-hybridized carbons (Fsp3) is 0.571. The molecule has 17 heavy (non-hydrogen) atoms. The summed E-state index contributed by atoms with van der Waals surface area (Å²) < 4.78 is 5.39. The van der Waals surface area contributed by atoms with Crippen molar-refractivity contribution < 1.29 is 4.74 Å². The van der Waals surface area contributed by atoms with Crippen LogP contribution < -0.4 is 15.4 Å². The summed E-state index contributed by atoms with van der Waals surface area (Å²) in [6.45, 7) is 5.09. The molecule has 3 nitrogen and oxygen atoms in total. The molecule has 2 unspecified atom stereocenters. The molecule has 0 bridgehead atoms. The van der Waals surface area contributed by atoms with Gasteiger partial charge in [-0.2, -0.15) is 0 Å². The molecule has 1 aromatic carbocycles. The van der Waals surface area contributed by atoms with Crippen LogP contribution in [0.5, 0.6) is 5.75 Å². The first-order chi connectivity index (χ1) is 8.15. The Morgan fingerprint density at radius 3 is 2.53 bits per heavy atom. The van der Waals surface area contributed by atoms with Crippen LogP contribution in [-0.2, 0) is 0 Å². The number of ether oxygens (including phenoxy) is 1. The fourth-order valence-corrected chi connectivity index (χ4v) is 2.14. The lowest BCUT2D eigenvalue weighted by Crippen LogP contribution is -2.42. The summed E-state index contributed by atoms with van der Waals surface area (Å²) >= 11 is 0. The lowest BCUT2D eigenvalue weighted by molar-refractivity contribution is 0.402.